The highest BCUT2D eigenvalue weighted by molar-refractivity contribution is 5.52. The highest BCUT2D eigenvalue weighted by atomic mass is 19.1. The van der Waals surface area contributed by atoms with Gasteiger partial charge >= 0.3 is 0 Å². The molecule has 0 spiro atoms. The zero-order valence-electron chi connectivity index (χ0n) is 13.7. The molecule has 0 atom stereocenters. The normalized spacial score (nSPS) is 11.5. The third kappa shape index (κ3) is 2.83. The fourth-order valence-corrected chi connectivity index (χ4v) is 2.95. The first kappa shape index (κ1) is 17.7. The molecule has 0 aromatic heterocycles. The predicted molar refractivity (Wildman–Crippen MR) is 89.8 cm³/mol. The molecule has 6 heteroatoms. The monoisotopic (exact) mass is 360 g/mol. The first-order valence-corrected chi connectivity index (χ1v) is 7.70. The maximum atomic E-state index is 13.9. The lowest BCUT2D eigenvalue weighted by molar-refractivity contribution is 0.427. The van der Waals surface area contributed by atoms with Crippen molar-refractivity contribution in [1.29, 1.82) is 0 Å². The van der Waals surface area contributed by atoms with Crippen molar-refractivity contribution in [3.05, 3.63) is 88.7 Å². The molecule has 0 amide bonds. The summed E-state index contributed by atoms with van der Waals surface area (Å²) in [4.78, 5) is 0. The minimum Gasteiger partial charge on any atom is -0.505 e. The summed E-state index contributed by atoms with van der Waals surface area (Å²) in [7, 11) is 0. The Kier molecular flexibility index (Phi) is 4.28. The smallest absolute Gasteiger partial charge is 0.165 e. The Morgan fingerprint density at radius 1 is 0.577 bits per heavy atom. The van der Waals surface area contributed by atoms with Gasteiger partial charge in [0.1, 0.15) is 0 Å². The van der Waals surface area contributed by atoms with Gasteiger partial charge in [0, 0.05) is 5.41 Å². The van der Waals surface area contributed by atoms with Gasteiger partial charge in [0.15, 0.2) is 34.7 Å². The van der Waals surface area contributed by atoms with Crippen molar-refractivity contribution in [2.24, 2.45) is 0 Å². The molecule has 0 aliphatic rings. The van der Waals surface area contributed by atoms with Gasteiger partial charge in [0.2, 0.25) is 0 Å². The number of hydrogen-bond donors (Lipinski definition) is 3. The van der Waals surface area contributed by atoms with Gasteiger partial charge in [0.25, 0.3) is 0 Å². The fraction of sp³-hybridized carbons (Fsp3) is 0.100. The molecular formula is C20H15F3O3. The highest BCUT2D eigenvalue weighted by Crippen LogP contribution is 2.41. The largest absolute Gasteiger partial charge is 0.505 e. The van der Waals surface area contributed by atoms with Crippen LogP contribution in [0.3, 0.4) is 0 Å². The number of hydrogen-bond acceptors (Lipinski definition) is 3. The van der Waals surface area contributed by atoms with Gasteiger partial charge in [-0.3, -0.25) is 0 Å². The lowest BCUT2D eigenvalue weighted by atomic mass is 9.71. The Bertz CT molecular complexity index is 861. The Balaban J connectivity index is 2.31. The van der Waals surface area contributed by atoms with Gasteiger partial charge < -0.3 is 15.3 Å². The molecule has 0 saturated heterocycles. The summed E-state index contributed by atoms with van der Waals surface area (Å²) in [6.07, 6.45) is 0. The average molecular weight is 360 g/mol. The molecule has 0 unspecified atom stereocenters. The number of phenols is 3. The van der Waals surface area contributed by atoms with Gasteiger partial charge in [-0.1, -0.05) is 18.2 Å². The minimum absolute atomic E-state index is 0.322. The zero-order chi connectivity index (χ0) is 19.1. The molecule has 3 rings (SSSR count). The third-order valence-corrected chi connectivity index (χ3v) is 4.58. The van der Waals surface area contributed by atoms with Crippen LogP contribution in [0.1, 0.15) is 23.6 Å². The standard InChI is InChI=1S/C20H15F3O3/c1-20(11-2-5-17(24)14(21)8-11,12-3-6-18(25)15(22)9-12)13-4-7-19(26)16(23)10-13/h2-10,24-26H,1H3. The predicted octanol–water partition coefficient (Wildman–Crippen LogP) is 4.58. The van der Waals surface area contributed by atoms with Crippen LogP contribution in [-0.4, -0.2) is 15.3 Å². The molecule has 26 heavy (non-hydrogen) atoms. The molecule has 0 bridgehead atoms. The molecule has 0 fully saturated rings. The second-order valence-corrected chi connectivity index (χ2v) is 6.12. The van der Waals surface area contributed by atoms with Crippen LogP contribution in [0.5, 0.6) is 17.2 Å². The van der Waals surface area contributed by atoms with E-state index in [1.807, 2.05) is 0 Å². The van der Waals surface area contributed by atoms with Crippen LogP contribution in [0.25, 0.3) is 0 Å². The molecule has 3 aromatic rings. The Hall–Kier alpha value is -3.15. The summed E-state index contributed by atoms with van der Waals surface area (Å²) in [6, 6.07) is 11.0. The van der Waals surface area contributed by atoms with Crippen molar-refractivity contribution in [2.75, 3.05) is 0 Å². The van der Waals surface area contributed by atoms with Crippen LogP contribution in [0.4, 0.5) is 13.2 Å². The second kappa shape index (κ2) is 6.29. The summed E-state index contributed by atoms with van der Waals surface area (Å²) in [5, 5.41) is 28.4. The Morgan fingerprint density at radius 2 is 0.846 bits per heavy atom. The van der Waals surface area contributed by atoms with E-state index < -0.39 is 40.1 Å². The van der Waals surface area contributed by atoms with Crippen LogP contribution >= 0.6 is 0 Å². The molecule has 3 N–H and O–H groups in total. The van der Waals surface area contributed by atoms with Crippen molar-refractivity contribution in [3.8, 4) is 17.2 Å². The number of phenolic OH excluding ortho intramolecular Hbond substituents is 3. The van der Waals surface area contributed by atoms with Gasteiger partial charge in [-0.05, 0) is 60.0 Å². The quantitative estimate of drug-likeness (QED) is 0.600. The summed E-state index contributed by atoms with van der Waals surface area (Å²) in [6.45, 7) is 1.62. The molecular weight excluding hydrogens is 345 g/mol. The summed E-state index contributed by atoms with van der Waals surface area (Å²) in [5.74, 6) is -4.30. The second-order valence-electron chi connectivity index (χ2n) is 6.12. The number of rotatable bonds is 3. The van der Waals surface area contributed by atoms with Gasteiger partial charge in [-0.15, -0.1) is 0 Å². The van der Waals surface area contributed by atoms with Crippen LogP contribution in [0, 0.1) is 17.5 Å². The fourth-order valence-electron chi connectivity index (χ4n) is 2.95. The van der Waals surface area contributed by atoms with Crippen LogP contribution < -0.4 is 0 Å². The first-order chi connectivity index (χ1) is 12.2. The molecule has 3 aromatic carbocycles. The zero-order valence-corrected chi connectivity index (χ0v) is 13.7. The van der Waals surface area contributed by atoms with E-state index in [0.29, 0.717) is 16.7 Å². The summed E-state index contributed by atoms with van der Waals surface area (Å²) >= 11 is 0. The number of aromatic hydroxyl groups is 3. The Labute approximate surface area is 147 Å². The molecule has 0 heterocycles. The van der Waals surface area contributed by atoms with Crippen LogP contribution in [0.15, 0.2) is 54.6 Å². The molecule has 134 valence electrons. The van der Waals surface area contributed by atoms with Crippen molar-refractivity contribution >= 4 is 0 Å². The minimum atomic E-state index is -1.22. The van der Waals surface area contributed by atoms with E-state index in [9.17, 15) is 28.5 Å². The topological polar surface area (TPSA) is 60.7 Å². The average Bonchev–Trinajstić information content (AvgIpc) is 2.61. The van der Waals surface area contributed by atoms with E-state index >= 15 is 0 Å². The molecule has 3 nitrogen and oxygen atoms in total. The number of benzene rings is 3. The number of halogens is 3. The van der Waals surface area contributed by atoms with E-state index in [1.165, 1.54) is 18.2 Å². The van der Waals surface area contributed by atoms with E-state index in [0.717, 1.165) is 36.4 Å². The van der Waals surface area contributed by atoms with E-state index in [2.05, 4.69) is 0 Å². The Morgan fingerprint density at radius 3 is 1.08 bits per heavy atom. The molecule has 0 aliphatic carbocycles. The van der Waals surface area contributed by atoms with Crippen LogP contribution in [-0.2, 0) is 5.41 Å². The lowest BCUT2D eigenvalue weighted by Crippen LogP contribution is -2.26. The van der Waals surface area contributed by atoms with E-state index in [1.54, 1.807) is 6.92 Å². The SMILES string of the molecule is CC(c1ccc(O)c(F)c1)(c1ccc(O)c(F)c1)c1ccc(O)c(F)c1. The maximum absolute atomic E-state index is 13.9. The molecule has 0 radical (unpaired) electrons. The maximum Gasteiger partial charge on any atom is 0.165 e. The molecule has 0 saturated carbocycles. The lowest BCUT2D eigenvalue weighted by Gasteiger charge is -2.32. The van der Waals surface area contributed by atoms with E-state index in [4.69, 9.17) is 0 Å². The summed E-state index contributed by atoms with van der Waals surface area (Å²) in [5.41, 5.74) is -0.258. The molecule has 0 aliphatic heterocycles. The third-order valence-electron chi connectivity index (χ3n) is 4.58. The first-order valence-electron chi connectivity index (χ1n) is 7.70. The van der Waals surface area contributed by atoms with Crippen LogP contribution in [0.2, 0.25) is 0 Å². The summed E-state index contributed by atoms with van der Waals surface area (Å²) < 4.78 is 41.8. The van der Waals surface area contributed by atoms with Crippen molar-refractivity contribution < 1.29 is 28.5 Å². The van der Waals surface area contributed by atoms with Crippen molar-refractivity contribution in [1.82, 2.24) is 0 Å². The highest BCUT2D eigenvalue weighted by Gasteiger charge is 2.33. The van der Waals surface area contributed by atoms with Gasteiger partial charge in [-0.25, -0.2) is 13.2 Å². The van der Waals surface area contributed by atoms with Gasteiger partial charge in [-0.2, -0.15) is 0 Å². The van der Waals surface area contributed by atoms with Crippen molar-refractivity contribution in [2.45, 2.75) is 12.3 Å². The van der Waals surface area contributed by atoms with Gasteiger partial charge in [0.05, 0.1) is 0 Å². The van der Waals surface area contributed by atoms with Crippen molar-refractivity contribution in [3.63, 3.8) is 0 Å². The van der Waals surface area contributed by atoms with E-state index in [-0.39, 0.29) is 0 Å².